The molecule has 0 aliphatic rings. The first-order valence-corrected chi connectivity index (χ1v) is 7.09. The summed E-state index contributed by atoms with van der Waals surface area (Å²) in [6.45, 7) is 2.50. The lowest BCUT2D eigenvalue weighted by atomic mass is 10.2. The van der Waals surface area contributed by atoms with E-state index in [1.807, 2.05) is 31.2 Å². The van der Waals surface area contributed by atoms with E-state index in [4.69, 9.17) is 0 Å². The normalized spacial score (nSPS) is 10.4. The molecule has 4 heteroatoms. The Hall–Kier alpha value is -0.870. The lowest BCUT2D eigenvalue weighted by molar-refractivity contribution is 0.612. The summed E-state index contributed by atoms with van der Waals surface area (Å²) < 4.78 is 15.4. The van der Waals surface area contributed by atoms with Gasteiger partial charge in [-0.05, 0) is 36.8 Å². The number of rotatable bonds is 3. The van der Waals surface area contributed by atoms with Crippen LogP contribution in [0.4, 0.5) is 10.1 Å². The van der Waals surface area contributed by atoms with Crippen molar-refractivity contribution < 1.29 is 4.39 Å². The molecule has 94 valence electrons. The highest BCUT2D eigenvalue weighted by Crippen LogP contribution is 2.22. The second-order valence-corrected chi connectivity index (χ2v) is 5.82. The van der Waals surface area contributed by atoms with Crippen molar-refractivity contribution in [3.63, 3.8) is 0 Å². The Labute approximate surface area is 123 Å². The van der Waals surface area contributed by atoms with Crippen LogP contribution in [0.15, 0.2) is 45.3 Å². The van der Waals surface area contributed by atoms with E-state index in [2.05, 4.69) is 37.2 Å². The van der Waals surface area contributed by atoms with Gasteiger partial charge in [0.1, 0.15) is 5.82 Å². The molecular formula is C14H12Br2FN. The number of anilines is 1. The second kappa shape index (κ2) is 5.85. The van der Waals surface area contributed by atoms with Gasteiger partial charge in [0.15, 0.2) is 0 Å². The van der Waals surface area contributed by atoms with Gasteiger partial charge in [-0.3, -0.25) is 0 Å². The summed E-state index contributed by atoms with van der Waals surface area (Å²) >= 11 is 6.72. The van der Waals surface area contributed by atoms with E-state index in [1.54, 1.807) is 6.07 Å². The van der Waals surface area contributed by atoms with Crippen LogP contribution in [0.25, 0.3) is 0 Å². The number of benzene rings is 2. The summed E-state index contributed by atoms with van der Waals surface area (Å²) in [5.41, 5.74) is 2.79. The van der Waals surface area contributed by atoms with Gasteiger partial charge in [-0.1, -0.05) is 44.0 Å². The molecule has 0 radical (unpaired) electrons. The average Bonchev–Trinajstić information content (AvgIpc) is 2.32. The molecule has 0 atom stereocenters. The number of halogens is 3. The Balaban J connectivity index is 2.09. The molecule has 0 spiro atoms. The number of hydrogen-bond donors (Lipinski definition) is 1. The fraction of sp³-hybridized carbons (Fsp3) is 0.143. The largest absolute Gasteiger partial charge is 0.381 e. The highest BCUT2D eigenvalue weighted by atomic mass is 79.9. The van der Waals surface area contributed by atoms with E-state index < -0.39 is 0 Å². The van der Waals surface area contributed by atoms with Crippen LogP contribution < -0.4 is 5.32 Å². The second-order valence-electron chi connectivity index (χ2n) is 4.05. The Morgan fingerprint density at radius 1 is 1.11 bits per heavy atom. The molecule has 0 amide bonds. The maximum absolute atomic E-state index is 13.6. The van der Waals surface area contributed by atoms with Gasteiger partial charge in [-0.25, -0.2) is 4.39 Å². The van der Waals surface area contributed by atoms with Crippen LogP contribution >= 0.6 is 31.9 Å². The van der Waals surface area contributed by atoms with Crippen molar-refractivity contribution in [2.75, 3.05) is 5.32 Å². The van der Waals surface area contributed by atoms with Crippen molar-refractivity contribution in [3.8, 4) is 0 Å². The molecule has 0 aliphatic carbocycles. The molecular weight excluding hydrogens is 361 g/mol. The molecule has 0 aromatic heterocycles. The number of hydrogen-bond acceptors (Lipinski definition) is 1. The molecule has 18 heavy (non-hydrogen) atoms. The van der Waals surface area contributed by atoms with Gasteiger partial charge in [0.05, 0.1) is 0 Å². The zero-order chi connectivity index (χ0) is 13.1. The van der Waals surface area contributed by atoms with Crippen molar-refractivity contribution in [1.82, 2.24) is 0 Å². The van der Waals surface area contributed by atoms with Crippen LogP contribution in [0.2, 0.25) is 0 Å². The molecule has 2 rings (SSSR count). The number of nitrogens with one attached hydrogen (secondary N) is 1. The molecule has 0 heterocycles. The Morgan fingerprint density at radius 2 is 1.89 bits per heavy atom. The van der Waals surface area contributed by atoms with Crippen molar-refractivity contribution in [1.29, 1.82) is 0 Å². The van der Waals surface area contributed by atoms with Gasteiger partial charge in [0.25, 0.3) is 0 Å². The van der Waals surface area contributed by atoms with Crippen LogP contribution in [0, 0.1) is 12.7 Å². The first-order chi connectivity index (χ1) is 8.56. The van der Waals surface area contributed by atoms with Crippen molar-refractivity contribution in [2.24, 2.45) is 0 Å². The Kier molecular flexibility index (Phi) is 4.40. The molecule has 0 saturated heterocycles. The van der Waals surface area contributed by atoms with Crippen molar-refractivity contribution >= 4 is 37.5 Å². The van der Waals surface area contributed by atoms with Gasteiger partial charge in [-0.2, -0.15) is 0 Å². The van der Waals surface area contributed by atoms with Crippen molar-refractivity contribution in [2.45, 2.75) is 13.5 Å². The van der Waals surface area contributed by atoms with E-state index in [1.165, 1.54) is 11.6 Å². The fourth-order valence-electron chi connectivity index (χ4n) is 1.57. The SMILES string of the molecule is Cc1ccc(NCc2ccc(Br)cc2F)cc1Br. The summed E-state index contributed by atoms with van der Waals surface area (Å²) in [6.07, 6.45) is 0. The molecule has 0 fully saturated rings. The van der Waals surface area contributed by atoms with Crippen LogP contribution in [0.1, 0.15) is 11.1 Å². The smallest absolute Gasteiger partial charge is 0.129 e. The summed E-state index contributed by atoms with van der Waals surface area (Å²) in [4.78, 5) is 0. The third-order valence-corrected chi connectivity index (χ3v) is 4.02. The van der Waals surface area contributed by atoms with Crippen LogP contribution in [0.5, 0.6) is 0 Å². The Bertz CT molecular complexity index is 570. The minimum atomic E-state index is -0.206. The maximum atomic E-state index is 13.6. The molecule has 0 bridgehead atoms. The predicted molar refractivity (Wildman–Crippen MR) is 80.3 cm³/mol. The van der Waals surface area contributed by atoms with Crippen molar-refractivity contribution in [3.05, 3.63) is 62.3 Å². The van der Waals surface area contributed by atoms with E-state index in [9.17, 15) is 4.39 Å². The predicted octanol–water partition coefficient (Wildman–Crippen LogP) is 5.27. The minimum absolute atomic E-state index is 0.206. The van der Waals surface area contributed by atoms with E-state index in [0.717, 1.165) is 14.6 Å². The van der Waals surface area contributed by atoms with Gasteiger partial charge >= 0.3 is 0 Å². The molecule has 1 N–H and O–H groups in total. The quantitative estimate of drug-likeness (QED) is 0.773. The summed E-state index contributed by atoms with van der Waals surface area (Å²) in [7, 11) is 0. The molecule has 0 aliphatic heterocycles. The maximum Gasteiger partial charge on any atom is 0.129 e. The third kappa shape index (κ3) is 3.33. The molecule has 1 nitrogen and oxygen atoms in total. The van der Waals surface area contributed by atoms with E-state index in [-0.39, 0.29) is 5.82 Å². The average molecular weight is 373 g/mol. The van der Waals surface area contributed by atoms with Gasteiger partial charge in [0.2, 0.25) is 0 Å². The lowest BCUT2D eigenvalue weighted by Crippen LogP contribution is -2.01. The molecule has 0 saturated carbocycles. The summed E-state index contributed by atoms with van der Waals surface area (Å²) in [5, 5.41) is 3.20. The topological polar surface area (TPSA) is 12.0 Å². The highest BCUT2D eigenvalue weighted by molar-refractivity contribution is 9.10. The van der Waals surface area contributed by atoms with Crippen LogP contribution in [-0.4, -0.2) is 0 Å². The minimum Gasteiger partial charge on any atom is -0.381 e. The fourth-order valence-corrected chi connectivity index (χ4v) is 2.28. The molecule has 2 aromatic carbocycles. The van der Waals surface area contributed by atoms with E-state index in [0.29, 0.717) is 12.1 Å². The molecule has 0 unspecified atom stereocenters. The lowest BCUT2D eigenvalue weighted by Gasteiger charge is -2.09. The highest BCUT2D eigenvalue weighted by Gasteiger charge is 2.03. The summed E-state index contributed by atoms with van der Waals surface area (Å²) in [6, 6.07) is 11.1. The van der Waals surface area contributed by atoms with Gasteiger partial charge in [0, 0.05) is 26.7 Å². The third-order valence-electron chi connectivity index (χ3n) is 2.67. The first-order valence-electron chi connectivity index (χ1n) is 5.50. The van der Waals surface area contributed by atoms with E-state index >= 15 is 0 Å². The first kappa shape index (κ1) is 13.6. The van der Waals surface area contributed by atoms with Gasteiger partial charge < -0.3 is 5.32 Å². The molecule has 2 aromatic rings. The van der Waals surface area contributed by atoms with Crippen LogP contribution in [-0.2, 0) is 6.54 Å². The monoisotopic (exact) mass is 371 g/mol. The zero-order valence-corrected chi connectivity index (χ0v) is 13.0. The van der Waals surface area contributed by atoms with Gasteiger partial charge in [-0.15, -0.1) is 0 Å². The standard InChI is InChI=1S/C14H12Br2FN/c1-9-2-5-12(7-13(9)16)18-8-10-3-4-11(15)6-14(10)17/h2-7,18H,8H2,1H3. The summed E-state index contributed by atoms with van der Waals surface area (Å²) in [5.74, 6) is -0.206. The Morgan fingerprint density at radius 3 is 2.56 bits per heavy atom. The number of aryl methyl sites for hydroxylation is 1. The van der Waals surface area contributed by atoms with Crippen LogP contribution in [0.3, 0.4) is 0 Å². The zero-order valence-electron chi connectivity index (χ0n) is 9.81.